The second kappa shape index (κ2) is 11.9. The summed E-state index contributed by atoms with van der Waals surface area (Å²) in [6.45, 7) is 6.13. The van der Waals surface area contributed by atoms with Gasteiger partial charge in [0.25, 0.3) is 15.9 Å². The van der Waals surface area contributed by atoms with Crippen molar-refractivity contribution in [3.63, 3.8) is 0 Å². The molecule has 1 N–H and O–H groups in total. The number of hydrogen-bond donors (Lipinski definition) is 1. The third-order valence-electron chi connectivity index (χ3n) is 4.88. The molecule has 0 fully saturated rings. The summed E-state index contributed by atoms with van der Waals surface area (Å²) in [5, 5.41) is 4.17. The summed E-state index contributed by atoms with van der Waals surface area (Å²) < 4.78 is 33.4. The molecule has 184 valence electrons. The normalized spacial score (nSPS) is 11.6. The fourth-order valence-corrected chi connectivity index (χ4v) is 4.78. The number of benzene rings is 3. The number of rotatable bonds is 10. The molecule has 0 spiro atoms. The summed E-state index contributed by atoms with van der Waals surface area (Å²) in [6.07, 6.45) is 1.47. The number of hydrazone groups is 1. The van der Waals surface area contributed by atoms with E-state index < -0.39 is 22.5 Å². The van der Waals surface area contributed by atoms with Crippen molar-refractivity contribution in [1.82, 2.24) is 5.43 Å². The minimum absolute atomic E-state index is 0.0547. The lowest BCUT2D eigenvalue weighted by Crippen LogP contribution is -2.39. The number of ether oxygens (including phenoxy) is 1. The van der Waals surface area contributed by atoms with Gasteiger partial charge in [0.2, 0.25) is 0 Å². The molecule has 0 bridgehead atoms. The lowest BCUT2D eigenvalue weighted by Gasteiger charge is -2.24. The molecule has 9 heteroatoms. The van der Waals surface area contributed by atoms with E-state index in [0.29, 0.717) is 12.5 Å². The Balaban J connectivity index is 1.74. The maximum Gasteiger partial charge on any atom is 0.264 e. The summed E-state index contributed by atoms with van der Waals surface area (Å²) in [7, 11) is -4.06. The molecule has 3 aromatic rings. The van der Waals surface area contributed by atoms with Gasteiger partial charge in [0.05, 0.1) is 28.4 Å². The van der Waals surface area contributed by atoms with Gasteiger partial charge in [0, 0.05) is 0 Å². The highest BCUT2D eigenvalue weighted by molar-refractivity contribution is 7.92. The van der Waals surface area contributed by atoms with E-state index in [1.807, 2.05) is 31.2 Å². The maximum absolute atomic E-state index is 13.4. The molecule has 0 saturated carbocycles. The van der Waals surface area contributed by atoms with Crippen molar-refractivity contribution >= 4 is 39.4 Å². The average Bonchev–Trinajstić information content (AvgIpc) is 2.83. The predicted molar refractivity (Wildman–Crippen MR) is 140 cm³/mol. The van der Waals surface area contributed by atoms with Crippen LogP contribution in [0.1, 0.15) is 25.0 Å². The lowest BCUT2D eigenvalue weighted by atomic mass is 10.2. The summed E-state index contributed by atoms with van der Waals surface area (Å²) in [5.74, 6) is 0.553. The number of amides is 1. The van der Waals surface area contributed by atoms with Crippen LogP contribution in [0.25, 0.3) is 0 Å². The van der Waals surface area contributed by atoms with Crippen LogP contribution in [-0.4, -0.2) is 33.7 Å². The van der Waals surface area contributed by atoms with Gasteiger partial charge in [-0.3, -0.25) is 9.10 Å². The Morgan fingerprint density at radius 3 is 2.34 bits per heavy atom. The number of para-hydroxylation sites is 1. The first-order valence-corrected chi connectivity index (χ1v) is 12.9. The van der Waals surface area contributed by atoms with E-state index in [9.17, 15) is 13.2 Å². The molecule has 0 aliphatic carbocycles. The Bertz CT molecular complexity index is 1270. The largest absolute Gasteiger partial charge is 0.493 e. The molecule has 7 nitrogen and oxygen atoms in total. The third-order valence-corrected chi connectivity index (χ3v) is 6.98. The van der Waals surface area contributed by atoms with Crippen LogP contribution in [0.15, 0.2) is 82.8 Å². The van der Waals surface area contributed by atoms with E-state index in [1.165, 1.54) is 18.3 Å². The second-order valence-electron chi connectivity index (χ2n) is 8.34. The highest BCUT2D eigenvalue weighted by Crippen LogP contribution is 2.30. The smallest absolute Gasteiger partial charge is 0.264 e. The summed E-state index contributed by atoms with van der Waals surface area (Å²) in [6, 6.07) is 20.1. The van der Waals surface area contributed by atoms with Gasteiger partial charge in [0.1, 0.15) is 12.3 Å². The fourth-order valence-electron chi connectivity index (χ4n) is 3.05. The Morgan fingerprint density at radius 2 is 1.71 bits per heavy atom. The number of halogens is 1. The van der Waals surface area contributed by atoms with Gasteiger partial charge in [-0.05, 0) is 66.9 Å². The number of aryl methyl sites for hydroxylation is 1. The van der Waals surface area contributed by atoms with Crippen LogP contribution >= 0.6 is 11.6 Å². The molecule has 0 aliphatic heterocycles. The van der Waals surface area contributed by atoms with Gasteiger partial charge < -0.3 is 4.74 Å². The number of carbonyl (C=O) groups is 1. The minimum atomic E-state index is -4.06. The van der Waals surface area contributed by atoms with Crippen molar-refractivity contribution in [2.24, 2.45) is 11.0 Å². The quantitative estimate of drug-likeness (QED) is 0.304. The molecule has 0 saturated heterocycles. The first-order valence-electron chi connectivity index (χ1n) is 11.1. The van der Waals surface area contributed by atoms with Crippen molar-refractivity contribution in [3.8, 4) is 5.75 Å². The zero-order valence-corrected chi connectivity index (χ0v) is 21.4. The monoisotopic (exact) mass is 513 g/mol. The molecular weight excluding hydrogens is 486 g/mol. The number of nitrogens with one attached hydrogen (secondary N) is 1. The van der Waals surface area contributed by atoms with Gasteiger partial charge in [0.15, 0.2) is 0 Å². The molecule has 1 amide bonds. The highest BCUT2D eigenvalue weighted by Gasteiger charge is 2.28. The average molecular weight is 514 g/mol. The van der Waals surface area contributed by atoms with E-state index in [1.54, 1.807) is 36.4 Å². The van der Waals surface area contributed by atoms with E-state index in [0.717, 1.165) is 21.2 Å². The van der Waals surface area contributed by atoms with Crippen LogP contribution in [0.2, 0.25) is 5.02 Å². The maximum atomic E-state index is 13.4. The summed E-state index contributed by atoms with van der Waals surface area (Å²) in [5.41, 5.74) is 4.25. The van der Waals surface area contributed by atoms with Crippen LogP contribution in [0.3, 0.4) is 0 Å². The Labute approximate surface area is 211 Å². The number of nitrogens with zero attached hydrogens (tertiary/aromatic N) is 2. The predicted octanol–water partition coefficient (Wildman–Crippen LogP) is 5.03. The van der Waals surface area contributed by atoms with Crippen molar-refractivity contribution in [1.29, 1.82) is 0 Å². The molecule has 0 aromatic heterocycles. The van der Waals surface area contributed by atoms with E-state index in [-0.39, 0.29) is 15.6 Å². The standard InChI is InChI=1S/C26H28ClN3O4S/c1-19(2)18-34-22-12-10-21(11-13-22)16-28-29-26(31)17-30(25-7-5-4-6-24(25)27)35(32,33)23-14-8-20(3)9-15-23/h4-16,19H,17-18H2,1-3H3,(H,29,31)/b28-16-. The molecule has 0 heterocycles. The minimum Gasteiger partial charge on any atom is -0.493 e. The van der Waals surface area contributed by atoms with Crippen LogP contribution in [-0.2, 0) is 14.8 Å². The summed E-state index contributed by atoms with van der Waals surface area (Å²) in [4.78, 5) is 12.7. The van der Waals surface area contributed by atoms with Crippen LogP contribution in [0, 0.1) is 12.8 Å². The molecule has 0 aliphatic rings. The Kier molecular flexibility index (Phi) is 8.89. The zero-order chi connectivity index (χ0) is 25.4. The van der Waals surface area contributed by atoms with Crippen molar-refractivity contribution in [3.05, 3.63) is 88.9 Å². The number of sulfonamides is 1. The van der Waals surface area contributed by atoms with Crippen molar-refractivity contribution in [2.75, 3.05) is 17.5 Å². The zero-order valence-electron chi connectivity index (χ0n) is 19.8. The van der Waals surface area contributed by atoms with Crippen LogP contribution in [0.4, 0.5) is 5.69 Å². The summed E-state index contributed by atoms with van der Waals surface area (Å²) >= 11 is 6.28. The van der Waals surface area contributed by atoms with Gasteiger partial charge >= 0.3 is 0 Å². The topological polar surface area (TPSA) is 88.1 Å². The molecule has 3 rings (SSSR count). The molecule has 0 radical (unpaired) electrons. The molecular formula is C26H28ClN3O4S. The number of hydrogen-bond acceptors (Lipinski definition) is 5. The number of carbonyl (C=O) groups excluding carboxylic acids is 1. The van der Waals surface area contributed by atoms with Crippen LogP contribution < -0.4 is 14.5 Å². The highest BCUT2D eigenvalue weighted by atomic mass is 35.5. The molecule has 35 heavy (non-hydrogen) atoms. The fraction of sp³-hybridized carbons (Fsp3) is 0.231. The van der Waals surface area contributed by atoms with Crippen LogP contribution in [0.5, 0.6) is 5.75 Å². The van der Waals surface area contributed by atoms with E-state index in [2.05, 4.69) is 24.4 Å². The van der Waals surface area contributed by atoms with E-state index >= 15 is 0 Å². The SMILES string of the molecule is Cc1ccc(S(=O)(=O)N(CC(=O)N/N=C\c2ccc(OCC(C)C)cc2)c2ccccc2Cl)cc1. The van der Waals surface area contributed by atoms with E-state index in [4.69, 9.17) is 16.3 Å². The first kappa shape index (κ1) is 26.2. The van der Waals surface area contributed by atoms with Gasteiger partial charge in [-0.25, -0.2) is 13.8 Å². The third kappa shape index (κ3) is 7.31. The lowest BCUT2D eigenvalue weighted by molar-refractivity contribution is -0.119. The molecule has 0 atom stereocenters. The Morgan fingerprint density at radius 1 is 1.06 bits per heavy atom. The number of anilines is 1. The second-order valence-corrected chi connectivity index (χ2v) is 10.6. The van der Waals surface area contributed by atoms with Crippen molar-refractivity contribution < 1.29 is 17.9 Å². The first-order chi connectivity index (χ1) is 16.7. The molecule has 0 unspecified atom stereocenters. The van der Waals surface area contributed by atoms with Gasteiger partial charge in [-0.15, -0.1) is 0 Å². The Hall–Kier alpha value is -3.36. The van der Waals surface area contributed by atoms with Crippen molar-refractivity contribution in [2.45, 2.75) is 25.7 Å². The van der Waals surface area contributed by atoms with Gasteiger partial charge in [-0.2, -0.15) is 5.10 Å². The van der Waals surface area contributed by atoms with Gasteiger partial charge in [-0.1, -0.05) is 55.3 Å². The molecule has 3 aromatic carbocycles.